The molecule has 0 unspecified atom stereocenters. The quantitative estimate of drug-likeness (QED) is 0.457. The van der Waals surface area contributed by atoms with Gasteiger partial charge in [0.25, 0.3) is 15.9 Å². The van der Waals surface area contributed by atoms with E-state index in [0.29, 0.717) is 54.0 Å². The third-order valence-corrected chi connectivity index (χ3v) is 7.00. The van der Waals surface area contributed by atoms with Gasteiger partial charge in [0.05, 0.1) is 35.0 Å². The summed E-state index contributed by atoms with van der Waals surface area (Å²) in [6.45, 7) is 1.84. The molecule has 0 radical (unpaired) electrons. The summed E-state index contributed by atoms with van der Waals surface area (Å²) in [5.41, 5.74) is 1.64. The van der Waals surface area contributed by atoms with Gasteiger partial charge in [-0.1, -0.05) is 23.7 Å². The van der Waals surface area contributed by atoms with Crippen molar-refractivity contribution in [1.29, 1.82) is 5.26 Å². The molecule has 0 saturated carbocycles. The highest BCUT2D eigenvalue weighted by atomic mass is 35.5. The van der Waals surface area contributed by atoms with E-state index in [1.807, 2.05) is 11.0 Å². The fourth-order valence-corrected chi connectivity index (χ4v) is 4.82. The van der Waals surface area contributed by atoms with Crippen LogP contribution in [-0.4, -0.2) is 47.2 Å². The zero-order chi connectivity index (χ0) is 25.5. The second kappa shape index (κ2) is 11.3. The molecular weight excluding hydrogens is 504 g/mol. The average molecular weight is 527 g/mol. The van der Waals surface area contributed by atoms with Crippen LogP contribution >= 0.6 is 11.6 Å². The van der Waals surface area contributed by atoms with Gasteiger partial charge < -0.3 is 19.7 Å². The third-order valence-electron chi connectivity index (χ3n) is 5.37. The number of carbonyl (C=O) groups is 1. The van der Waals surface area contributed by atoms with E-state index < -0.39 is 15.9 Å². The highest BCUT2D eigenvalue weighted by Gasteiger charge is 2.21. The lowest BCUT2D eigenvalue weighted by Crippen LogP contribution is -2.37. The molecule has 36 heavy (non-hydrogen) atoms. The first-order chi connectivity index (χ1) is 17.4. The van der Waals surface area contributed by atoms with Crippen LogP contribution in [0.15, 0.2) is 71.6 Å². The summed E-state index contributed by atoms with van der Waals surface area (Å²) >= 11 is 5.88. The summed E-state index contributed by atoms with van der Waals surface area (Å²) in [7, 11) is -3.95. The molecule has 1 heterocycles. The molecule has 0 aliphatic carbocycles. The van der Waals surface area contributed by atoms with E-state index >= 15 is 0 Å². The molecule has 1 saturated heterocycles. The van der Waals surface area contributed by atoms with Crippen molar-refractivity contribution in [3.05, 3.63) is 77.3 Å². The van der Waals surface area contributed by atoms with E-state index in [2.05, 4.69) is 10.0 Å². The Bertz CT molecular complexity index is 1380. The van der Waals surface area contributed by atoms with Crippen LogP contribution in [0.4, 0.5) is 17.1 Å². The number of nitrogens with one attached hydrogen (secondary N) is 2. The Balaban J connectivity index is 1.57. The van der Waals surface area contributed by atoms with E-state index in [0.717, 1.165) is 0 Å². The Morgan fingerprint density at radius 2 is 1.81 bits per heavy atom. The molecule has 3 aromatic carbocycles. The number of ether oxygens (including phenoxy) is 2. The van der Waals surface area contributed by atoms with Crippen LogP contribution in [0, 0.1) is 11.3 Å². The molecule has 0 atom stereocenters. The molecule has 2 N–H and O–H groups in total. The second-order valence-electron chi connectivity index (χ2n) is 7.84. The van der Waals surface area contributed by atoms with E-state index in [-0.39, 0.29) is 17.3 Å². The number of carbonyl (C=O) groups excluding carboxylic acids is 1. The minimum atomic E-state index is -3.95. The molecule has 0 bridgehead atoms. The third kappa shape index (κ3) is 6.26. The normalized spacial score (nSPS) is 13.5. The number of sulfonamides is 1. The average Bonchev–Trinajstić information content (AvgIpc) is 2.89. The Morgan fingerprint density at radius 3 is 2.53 bits per heavy atom. The van der Waals surface area contributed by atoms with Crippen LogP contribution in [0.25, 0.3) is 0 Å². The molecule has 4 rings (SSSR count). The zero-order valence-electron chi connectivity index (χ0n) is 19.1. The number of hydrogen-bond donors (Lipinski definition) is 2. The zero-order valence-corrected chi connectivity index (χ0v) is 20.7. The van der Waals surface area contributed by atoms with Crippen LogP contribution in [0.2, 0.25) is 5.02 Å². The molecule has 186 valence electrons. The van der Waals surface area contributed by atoms with Crippen LogP contribution in [-0.2, 0) is 19.6 Å². The molecule has 1 fully saturated rings. The largest absolute Gasteiger partial charge is 0.482 e. The van der Waals surface area contributed by atoms with Gasteiger partial charge in [0.2, 0.25) is 0 Å². The summed E-state index contributed by atoms with van der Waals surface area (Å²) in [4.78, 5) is 14.7. The van der Waals surface area contributed by atoms with E-state index in [1.165, 1.54) is 12.1 Å². The molecule has 11 heteroatoms. The molecule has 1 aliphatic heterocycles. The number of rotatable bonds is 8. The molecule has 9 nitrogen and oxygen atoms in total. The van der Waals surface area contributed by atoms with Gasteiger partial charge in [0.15, 0.2) is 6.61 Å². The van der Waals surface area contributed by atoms with Crippen molar-refractivity contribution in [2.75, 3.05) is 47.8 Å². The summed E-state index contributed by atoms with van der Waals surface area (Å²) in [6.07, 6.45) is 0. The maximum absolute atomic E-state index is 13.0. The smallest absolute Gasteiger partial charge is 0.262 e. The van der Waals surface area contributed by atoms with Gasteiger partial charge >= 0.3 is 0 Å². The predicted molar refractivity (Wildman–Crippen MR) is 137 cm³/mol. The Hall–Kier alpha value is -3.78. The predicted octanol–water partition coefficient (Wildman–Crippen LogP) is 3.87. The van der Waals surface area contributed by atoms with Crippen molar-refractivity contribution in [2.24, 2.45) is 0 Å². The lowest BCUT2D eigenvalue weighted by Gasteiger charge is -2.30. The number of nitriles is 1. The van der Waals surface area contributed by atoms with Crippen LogP contribution in [0.5, 0.6) is 5.75 Å². The van der Waals surface area contributed by atoms with Crippen LogP contribution < -0.4 is 19.7 Å². The molecule has 0 aromatic heterocycles. The molecule has 1 amide bonds. The number of anilines is 3. The second-order valence-corrected chi connectivity index (χ2v) is 9.95. The summed E-state index contributed by atoms with van der Waals surface area (Å²) in [6, 6.07) is 19.4. The maximum Gasteiger partial charge on any atom is 0.262 e. The van der Waals surface area contributed by atoms with Gasteiger partial charge in [-0.25, -0.2) is 8.42 Å². The van der Waals surface area contributed by atoms with Crippen LogP contribution in [0.1, 0.15) is 5.56 Å². The van der Waals surface area contributed by atoms with E-state index in [9.17, 15) is 18.5 Å². The van der Waals surface area contributed by atoms with Gasteiger partial charge in [-0.2, -0.15) is 5.26 Å². The Kier molecular flexibility index (Phi) is 7.95. The molecular formula is C25H23ClN4O5S. The first-order valence-corrected chi connectivity index (χ1v) is 12.9. The van der Waals surface area contributed by atoms with E-state index in [1.54, 1.807) is 54.6 Å². The monoisotopic (exact) mass is 526 g/mol. The summed E-state index contributed by atoms with van der Waals surface area (Å²) in [5.74, 6) is -0.218. The summed E-state index contributed by atoms with van der Waals surface area (Å²) in [5, 5.41) is 12.5. The first kappa shape index (κ1) is 25.3. The van der Waals surface area contributed by atoms with Gasteiger partial charge in [-0.05, 0) is 54.6 Å². The number of morpholine rings is 1. The lowest BCUT2D eigenvalue weighted by atomic mass is 10.2. The number of hydrogen-bond acceptors (Lipinski definition) is 7. The van der Waals surface area contributed by atoms with Crippen molar-refractivity contribution < 1.29 is 22.7 Å². The fraction of sp³-hybridized carbons (Fsp3) is 0.200. The van der Waals surface area contributed by atoms with Gasteiger partial charge in [-0.3, -0.25) is 9.52 Å². The van der Waals surface area contributed by atoms with Crippen molar-refractivity contribution in [3.63, 3.8) is 0 Å². The minimum Gasteiger partial charge on any atom is -0.482 e. The SMILES string of the molecule is N#Cc1ccccc1OCC(=O)Nc1cc(S(=O)(=O)Nc2ccc(Cl)cc2)ccc1N1CCOCC1. The minimum absolute atomic E-state index is 0.0273. The fourth-order valence-electron chi connectivity index (χ4n) is 3.61. The van der Waals surface area contributed by atoms with Crippen molar-refractivity contribution in [2.45, 2.75) is 4.90 Å². The Labute approximate surface area is 214 Å². The van der Waals surface area contributed by atoms with Gasteiger partial charge in [0.1, 0.15) is 11.8 Å². The lowest BCUT2D eigenvalue weighted by molar-refractivity contribution is -0.118. The highest BCUT2D eigenvalue weighted by molar-refractivity contribution is 7.92. The number of benzene rings is 3. The molecule has 1 aliphatic rings. The maximum atomic E-state index is 13.0. The van der Waals surface area contributed by atoms with Crippen molar-refractivity contribution in [1.82, 2.24) is 0 Å². The number of amides is 1. The van der Waals surface area contributed by atoms with Crippen molar-refractivity contribution >= 4 is 44.6 Å². The van der Waals surface area contributed by atoms with Gasteiger partial charge in [0, 0.05) is 23.8 Å². The van der Waals surface area contributed by atoms with Gasteiger partial charge in [-0.15, -0.1) is 0 Å². The molecule has 3 aromatic rings. The first-order valence-electron chi connectivity index (χ1n) is 11.0. The summed E-state index contributed by atoms with van der Waals surface area (Å²) < 4.78 is 39.5. The highest BCUT2D eigenvalue weighted by Crippen LogP contribution is 2.31. The van der Waals surface area contributed by atoms with Crippen LogP contribution in [0.3, 0.4) is 0 Å². The van der Waals surface area contributed by atoms with E-state index in [4.69, 9.17) is 21.1 Å². The Morgan fingerprint density at radius 1 is 1.08 bits per heavy atom. The van der Waals surface area contributed by atoms with Crippen molar-refractivity contribution in [3.8, 4) is 11.8 Å². The number of para-hydroxylation sites is 1. The topological polar surface area (TPSA) is 121 Å². The number of halogens is 1. The molecule has 0 spiro atoms. The standard InChI is InChI=1S/C25H23ClN4O5S/c26-19-5-7-20(8-6-19)29-36(32,33)21-9-10-23(30-11-13-34-14-12-30)22(15-21)28-25(31)17-35-24-4-2-1-3-18(24)16-27/h1-10,15,29H,11-14,17H2,(H,28,31). The number of nitrogens with zero attached hydrogens (tertiary/aromatic N) is 2.